The van der Waals surface area contributed by atoms with E-state index < -0.39 is 42.9 Å². The van der Waals surface area contributed by atoms with Gasteiger partial charge in [0.25, 0.3) is 21.8 Å². The molecule has 2 saturated heterocycles. The molecule has 3 aromatic carbocycles. The highest BCUT2D eigenvalue weighted by molar-refractivity contribution is 7.90. The van der Waals surface area contributed by atoms with E-state index in [4.69, 9.17) is 18.6 Å². The minimum Gasteiger partial charge on any atom is -0.493 e. The Balaban J connectivity index is 0.811. The van der Waals surface area contributed by atoms with Gasteiger partial charge in [-0.2, -0.15) is 4.98 Å². The van der Waals surface area contributed by atoms with Crippen molar-refractivity contribution in [1.29, 1.82) is 0 Å². The lowest BCUT2D eigenvalue weighted by Gasteiger charge is -2.58. The molecule has 2 aliphatic heterocycles. The molecule has 82 heavy (non-hydrogen) atoms. The Hall–Kier alpha value is -7.33. The smallest absolute Gasteiger partial charge is 0.312 e. The summed E-state index contributed by atoms with van der Waals surface area (Å²) in [6, 6.07) is 23.0. The number of sulfonamides is 1. The Morgan fingerprint density at radius 1 is 0.988 bits per heavy atom. The monoisotopic (exact) mass is 1140 g/mol. The fourth-order valence-corrected chi connectivity index (χ4v) is 13.8. The van der Waals surface area contributed by atoms with Crippen molar-refractivity contribution in [2.75, 3.05) is 63.2 Å². The minimum atomic E-state index is -4.76. The van der Waals surface area contributed by atoms with Gasteiger partial charge in [-0.25, -0.2) is 22.5 Å². The Kier molecular flexibility index (Phi) is 15.7. The summed E-state index contributed by atoms with van der Waals surface area (Å²) < 4.78 is 69.1. The Morgan fingerprint density at radius 2 is 1.76 bits per heavy atom. The predicted octanol–water partition coefficient (Wildman–Crippen LogP) is 11.2. The molecule has 11 rings (SSSR count). The van der Waals surface area contributed by atoms with Crippen LogP contribution in [0.3, 0.4) is 0 Å². The van der Waals surface area contributed by atoms with Gasteiger partial charge in [0.2, 0.25) is 5.82 Å². The number of halogens is 1. The lowest BCUT2D eigenvalue weighted by molar-refractivity contribution is -0.384. The Labute approximate surface area is 476 Å². The molecule has 1 amide bonds. The van der Waals surface area contributed by atoms with E-state index in [1.165, 1.54) is 28.8 Å². The molecule has 0 radical (unpaired) electrons. The van der Waals surface area contributed by atoms with E-state index in [9.17, 15) is 28.4 Å². The molecule has 6 heterocycles. The van der Waals surface area contributed by atoms with Crippen molar-refractivity contribution in [1.82, 2.24) is 29.5 Å². The van der Waals surface area contributed by atoms with Crippen molar-refractivity contribution < 1.29 is 46.3 Å². The number of pyridine rings is 2. The SMILES string of the molecule is CCOc1nc2[nH]cc(F)c2cc1Oc1cc(N2CCC3(CC2)CC(N2CCN(Cc4ccc(OC)c5oc(C)cc45)C[C@H]2c2ccccc2C(C)C)C3)ccc1C(=O)NS(=O)(=O)c1cnc(NCC2CCC(C)(O)CC2)c([N+](=O)[O-])c1. The highest BCUT2D eigenvalue weighted by Gasteiger charge is 2.50. The molecule has 434 valence electrons. The number of hydrogen-bond donors (Lipinski definition) is 4. The van der Waals surface area contributed by atoms with E-state index in [1.54, 1.807) is 33.1 Å². The number of aryl methyl sites for hydroxylation is 1. The number of carbonyl (C=O) groups is 1. The molecule has 4 fully saturated rings. The number of aromatic amines is 1. The third-order valence-electron chi connectivity index (χ3n) is 17.5. The number of amides is 1. The lowest BCUT2D eigenvalue weighted by atomic mass is 9.59. The molecule has 7 aromatic rings. The number of aromatic nitrogens is 3. The lowest BCUT2D eigenvalue weighted by Crippen LogP contribution is -2.60. The quantitative estimate of drug-likeness (QED) is 0.0462. The number of piperazine rings is 1. The fourth-order valence-electron chi connectivity index (χ4n) is 12.9. The van der Waals surface area contributed by atoms with Gasteiger partial charge in [0.1, 0.15) is 27.9 Å². The van der Waals surface area contributed by atoms with Crippen molar-refractivity contribution >= 4 is 55.1 Å². The summed E-state index contributed by atoms with van der Waals surface area (Å²) in [6.07, 6.45) is 8.73. The molecule has 4 aliphatic rings. The average molecular weight is 1140 g/mol. The van der Waals surface area contributed by atoms with Gasteiger partial charge in [0, 0.05) is 93.4 Å². The second-order valence-corrected chi connectivity index (χ2v) is 25.1. The van der Waals surface area contributed by atoms with Gasteiger partial charge in [0.15, 0.2) is 17.1 Å². The summed E-state index contributed by atoms with van der Waals surface area (Å²) in [5.41, 5.74) is 4.33. The van der Waals surface area contributed by atoms with Crippen LogP contribution in [0.2, 0.25) is 0 Å². The van der Waals surface area contributed by atoms with E-state index in [-0.39, 0.29) is 63.8 Å². The maximum absolute atomic E-state index is 15.0. The molecule has 4 aromatic heterocycles. The van der Waals surface area contributed by atoms with Crippen LogP contribution in [0.4, 0.5) is 21.6 Å². The van der Waals surface area contributed by atoms with Crippen molar-refractivity contribution in [3.05, 3.63) is 129 Å². The number of hydrogen-bond acceptors (Lipinski definition) is 16. The van der Waals surface area contributed by atoms with Crippen LogP contribution in [0.25, 0.3) is 22.0 Å². The van der Waals surface area contributed by atoms with Gasteiger partial charge < -0.3 is 38.9 Å². The zero-order chi connectivity index (χ0) is 57.7. The summed E-state index contributed by atoms with van der Waals surface area (Å²) >= 11 is 0. The van der Waals surface area contributed by atoms with Crippen LogP contribution < -0.4 is 29.1 Å². The normalized spacial score (nSPS) is 20.8. The Morgan fingerprint density at radius 3 is 2.49 bits per heavy atom. The number of nitro groups is 1. The maximum atomic E-state index is 15.0. The minimum absolute atomic E-state index is 0.0113. The molecule has 19 nitrogen and oxygen atoms in total. The van der Waals surface area contributed by atoms with E-state index in [1.807, 2.05) is 13.0 Å². The second kappa shape index (κ2) is 22.8. The van der Waals surface area contributed by atoms with Crippen molar-refractivity contribution in [2.45, 2.75) is 121 Å². The van der Waals surface area contributed by atoms with Crippen LogP contribution in [0.5, 0.6) is 23.1 Å². The molecule has 0 unspecified atom stereocenters. The van der Waals surface area contributed by atoms with E-state index in [0.717, 1.165) is 112 Å². The van der Waals surface area contributed by atoms with Crippen LogP contribution in [-0.2, 0) is 16.6 Å². The molecular weight excluding hydrogens is 1070 g/mol. The largest absolute Gasteiger partial charge is 0.493 e. The standard InChI is InChI=1S/C61H72FN9O10S/c1-7-79-59-54(29-48-49(62)34-65-56(48)66-59)81-53-27-41(13-14-46(53)58(72)67-82(76,77)43-28-50(71(74)75)57(64-33-43)63-32-39-16-18-60(5,73)19-17-39)69-22-20-61(21-23-69)30-42(31-61)70-25-24-68(36-51(70)45-11-9-8-10-44(45)37(2)3)35-40-12-15-52(78-6)55-47(40)26-38(4)80-55/h8-15,26-29,33-34,37,39,42,51,73H,7,16-25,30-32,35-36H2,1-6H3,(H,63,64)(H,65,66)(H,67,72)/t39?,51-,60?/m0/s1. The summed E-state index contributed by atoms with van der Waals surface area (Å²) in [7, 11) is -3.08. The number of carbonyl (C=O) groups excluding carboxylic acids is 1. The van der Waals surface area contributed by atoms with Crippen LogP contribution in [0, 0.1) is 34.2 Å². The number of benzene rings is 3. The predicted molar refractivity (Wildman–Crippen MR) is 310 cm³/mol. The molecule has 0 bridgehead atoms. The van der Waals surface area contributed by atoms with Crippen LogP contribution >= 0.6 is 0 Å². The zero-order valence-electron chi connectivity index (χ0n) is 47.3. The first-order valence-corrected chi connectivity index (χ1v) is 30.0. The Bertz CT molecular complexity index is 3630. The number of ether oxygens (including phenoxy) is 3. The second-order valence-electron chi connectivity index (χ2n) is 23.4. The number of anilines is 2. The molecule has 4 N–H and O–H groups in total. The number of nitrogens with zero attached hydrogens (tertiary/aromatic N) is 6. The molecule has 2 aliphatic carbocycles. The van der Waals surface area contributed by atoms with Gasteiger partial charge in [0.05, 0.1) is 41.4 Å². The van der Waals surface area contributed by atoms with Gasteiger partial charge >= 0.3 is 5.69 Å². The van der Waals surface area contributed by atoms with Crippen LogP contribution in [0.1, 0.15) is 124 Å². The summed E-state index contributed by atoms with van der Waals surface area (Å²) in [4.78, 5) is 44.2. The fraction of sp³-hybridized carbons (Fsp3) is 0.459. The number of aliphatic hydroxyl groups is 1. The highest BCUT2D eigenvalue weighted by atomic mass is 32.2. The first-order chi connectivity index (χ1) is 39.3. The maximum Gasteiger partial charge on any atom is 0.312 e. The highest BCUT2D eigenvalue weighted by Crippen LogP contribution is 2.54. The van der Waals surface area contributed by atoms with Crippen molar-refractivity contribution in [3.8, 4) is 23.1 Å². The molecular formula is C61H72FN9O10S. The van der Waals surface area contributed by atoms with Gasteiger partial charge in [-0.3, -0.25) is 24.7 Å². The van der Waals surface area contributed by atoms with Gasteiger partial charge in [-0.05, 0) is 130 Å². The third-order valence-corrected chi connectivity index (χ3v) is 18.8. The van der Waals surface area contributed by atoms with Crippen molar-refractivity contribution in [3.63, 3.8) is 0 Å². The topological polar surface area (TPSA) is 231 Å². The number of rotatable bonds is 18. The number of methoxy groups -OCH3 is 1. The van der Waals surface area contributed by atoms with Crippen LogP contribution in [-0.4, -0.2) is 114 Å². The summed E-state index contributed by atoms with van der Waals surface area (Å²) in [5, 5.41) is 26.8. The van der Waals surface area contributed by atoms with Gasteiger partial charge in [-0.15, -0.1) is 0 Å². The number of nitrogens with one attached hydrogen (secondary N) is 3. The first-order valence-electron chi connectivity index (χ1n) is 28.5. The number of piperidine rings is 1. The molecule has 21 heteroatoms. The zero-order valence-corrected chi connectivity index (χ0v) is 48.1. The first kappa shape index (κ1) is 56.5. The van der Waals surface area contributed by atoms with E-state index in [2.05, 4.69) is 89.9 Å². The number of H-pyrrole nitrogens is 1. The van der Waals surface area contributed by atoms with Crippen LogP contribution in [0.15, 0.2) is 94.5 Å². The molecule has 1 atom stereocenters. The van der Waals surface area contributed by atoms with Gasteiger partial charge in [-0.1, -0.05) is 44.2 Å². The number of fused-ring (bicyclic) bond motifs is 2. The third kappa shape index (κ3) is 11.6. The van der Waals surface area contributed by atoms with E-state index in [0.29, 0.717) is 44.2 Å². The van der Waals surface area contributed by atoms with Crippen molar-refractivity contribution in [2.24, 2.45) is 11.3 Å². The summed E-state index contributed by atoms with van der Waals surface area (Å²) in [5.74, 6) is 0.246. The molecule has 1 spiro atoms. The number of furan rings is 1. The molecule has 2 saturated carbocycles. The van der Waals surface area contributed by atoms with E-state index >= 15 is 4.39 Å². The average Bonchev–Trinajstić information content (AvgIpc) is 4.14. The summed E-state index contributed by atoms with van der Waals surface area (Å²) in [6.45, 7) is 15.6.